The predicted octanol–water partition coefficient (Wildman–Crippen LogP) is 2.47. The first kappa shape index (κ1) is 19.4. The van der Waals surface area contributed by atoms with E-state index in [1.807, 2.05) is 31.2 Å². The smallest absolute Gasteiger partial charge is 0.262 e. The monoisotopic (exact) mass is 414 g/mol. The number of aryl methyl sites for hydroxylation is 1. The molecule has 0 fully saturated rings. The number of hydrogen-bond donors (Lipinski definition) is 1. The van der Waals surface area contributed by atoms with Crippen LogP contribution < -0.4 is 15.0 Å². The van der Waals surface area contributed by atoms with Gasteiger partial charge in [0.05, 0.1) is 16.3 Å². The fourth-order valence-corrected chi connectivity index (χ4v) is 5.45. The lowest BCUT2D eigenvalue weighted by molar-refractivity contribution is -0.119. The van der Waals surface area contributed by atoms with E-state index < -0.39 is 9.84 Å². The van der Waals surface area contributed by atoms with Crippen LogP contribution in [0.1, 0.15) is 24.5 Å². The molecule has 0 saturated heterocycles. The molecule has 0 aliphatic carbocycles. The molecule has 2 amide bonds. The maximum absolute atomic E-state index is 12.9. The minimum absolute atomic E-state index is 0.00472. The van der Waals surface area contributed by atoms with Crippen LogP contribution in [0.3, 0.4) is 0 Å². The summed E-state index contributed by atoms with van der Waals surface area (Å²) in [6, 6.07) is 10.7. The summed E-state index contributed by atoms with van der Waals surface area (Å²) in [4.78, 5) is 26.1. The van der Waals surface area contributed by atoms with Gasteiger partial charge in [0.15, 0.2) is 16.4 Å². The van der Waals surface area contributed by atoms with Gasteiger partial charge in [-0.2, -0.15) is 0 Å². The Bertz CT molecular complexity index is 1110. The third kappa shape index (κ3) is 3.60. The van der Waals surface area contributed by atoms with Crippen molar-refractivity contribution in [2.45, 2.75) is 37.6 Å². The van der Waals surface area contributed by atoms with Gasteiger partial charge < -0.3 is 15.0 Å². The summed E-state index contributed by atoms with van der Waals surface area (Å²) in [7, 11) is -3.70. The first-order chi connectivity index (χ1) is 13.8. The van der Waals surface area contributed by atoms with Gasteiger partial charge in [-0.1, -0.05) is 18.2 Å². The summed E-state index contributed by atoms with van der Waals surface area (Å²) >= 11 is 0. The molecule has 8 heteroatoms. The molecule has 7 nitrogen and oxygen atoms in total. The Balaban J connectivity index is 1.53. The number of nitrogens with one attached hydrogen (secondary N) is 1. The van der Waals surface area contributed by atoms with Gasteiger partial charge in [-0.05, 0) is 43.5 Å². The number of anilines is 2. The third-order valence-corrected chi connectivity index (χ3v) is 7.16. The zero-order chi connectivity index (χ0) is 20.8. The van der Waals surface area contributed by atoms with Crippen LogP contribution >= 0.6 is 0 Å². The van der Waals surface area contributed by atoms with Crippen molar-refractivity contribution < 1.29 is 22.7 Å². The second-order valence-corrected chi connectivity index (χ2v) is 9.54. The van der Waals surface area contributed by atoms with Crippen LogP contribution in [-0.2, 0) is 25.8 Å². The lowest BCUT2D eigenvalue weighted by atomic mass is 10.1. The molecule has 0 aromatic heterocycles. The topological polar surface area (TPSA) is 92.8 Å². The fourth-order valence-electron chi connectivity index (χ4n) is 3.95. The van der Waals surface area contributed by atoms with Crippen molar-refractivity contribution in [2.24, 2.45) is 0 Å². The van der Waals surface area contributed by atoms with E-state index in [0.29, 0.717) is 17.0 Å². The van der Waals surface area contributed by atoms with E-state index >= 15 is 0 Å². The van der Waals surface area contributed by atoms with Gasteiger partial charge in [-0.3, -0.25) is 9.59 Å². The molecular formula is C21H22N2O5S. The van der Waals surface area contributed by atoms with Crippen molar-refractivity contribution in [3.8, 4) is 5.75 Å². The standard InChI is InChI=1S/C21H22N2O5S/c1-13-9-16-18(28-12-20(24)22-16)11-19(13)29(26,27)8-7-21(25)23-14(2)10-15-5-3-4-6-17(15)23/h3-6,9,11,14H,7-8,10,12H2,1-2H3,(H,22,24)/t14-/m1/s1. The summed E-state index contributed by atoms with van der Waals surface area (Å²) in [5.41, 5.74) is 2.91. The van der Waals surface area contributed by atoms with Gasteiger partial charge in [0.2, 0.25) is 5.91 Å². The molecule has 1 N–H and O–H groups in total. The predicted molar refractivity (Wildman–Crippen MR) is 109 cm³/mol. The highest BCUT2D eigenvalue weighted by Crippen LogP contribution is 2.35. The Hall–Kier alpha value is -2.87. The van der Waals surface area contributed by atoms with Crippen LogP contribution in [0.2, 0.25) is 0 Å². The number of sulfone groups is 1. The molecule has 4 rings (SSSR count). The zero-order valence-electron chi connectivity index (χ0n) is 16.3. The largest absolute Gasteiger partial charge is 0.482 e. The number of para-hydroxylation sites is 1. The number of rotatable bonds is 4. The van der Waals surface area contributed by atoms with E-state index in [4.69, 9.17) is 4.74 Å². The molecule has 0 bridgehead atoms. The average Bonchev–Trinajstić information content (AvgIpc) is 3.01. The van der Waals surface area contributed by atoms with Crippen molar-refractivity contribution in [3.05, 3.63) is 47.5 Å². The molecule has 1 atom stereocenters. The van der Waals surface area contributed by atoms with E-state index in [9.17, 15) is 18.0 Å². The van der Waals surface area contributed by atoms with Crippen molar-refractivity contribution in [2.75, 3.05) is 22.6 Å². The maximum atomic E-state index is 12.9. The zero-order valence-corrected chi connectivity index (χ0v) is 17.1. The van der Waals surface area contributed by atoms with Crippen LogP contribution in [0, 0.1) is 6.92 Å². The number of carbonyl (C=O) groups excluding carboxylic acids is 2. The first-order valence-electron chi connectivity index (χ1n) is 9.46. The average molecular weight is 414 g/mol. The number of fused-ring (bicyclic) bond motifs is 2. The lowest BCUT2D eigenvalue weighted by Crippen LogP contribution is -2.36. The minimum Gasteiger partial charge on any atom is -0.482 e. The molecular weight excluding hydrogens is 392 g/mol. The highest BCUT2D eigenvalue weighted by Gasteiger charge is 2.31. The Kier molecular flexibility index (Phi) is 4.82. The van der Waals surface area contributed by atoms with Crippen LogP contribution in [0.4, 0.5) is 11.4 Å². The molecule has 2 heterocycles. The summed E-state index contributed by atoms with van der Waals surface area (Å²) in [5.74, 6) is -0.450. The van der Waals surface area contributed by atoms with Crippen molar-refractivity contribution >= 4 is 33.0 Å². The van der Waals surface area contributed by atoms with Crippen LogP contribution in [-0.4, -0.2) is 38.6 Å². The first-order valence-corrected chi connectivity index (χ1v) is 11.1. The Morgan fingerprint density at radius 3 is 2.83 bits per heavy atom. The summed E-state index contributed by atoms with van der Waals surface area (Å²) in [5, 5.41) is 2.66. The van der Waals surface area contributed by atoms with E-state index in [1.54, 1.807) is 17.9 Å². The van der Waals surface area contributed by atoms with Gasteiger partial charge >= 0.3 is 0 Å². The van der Waals surface area contributed by atoms with E-state index in [0.717, 1.165) is 17.7 Å². The molecule has 2 aromatic carbocycles. The number of hydrogen-bond acceptors (Lipinski definition) is 5. The van der Waals surface area contributed by atoms with Gasteiger partial charge in [-0.25, -0.2) is 8.42 Å². The Morgan fingerprint density at radius 2 is 2.03 bits per heavy atom. The van der Waals surface area contributed by atoms with Gasteiger partial charge in [0.25, 0.3) is 5.91 Å². The lowest BCUT2D eigenvalue weighted by Gasteiger charge is -2.23. The number of amides is 2. The second kappa shape index (κ2) is 7.18. The molecule has 152 valence electrons. The summed E-state index contributed by atoms with van der Waals surface area (Å²) in [6.45, 7) is 3.47. The second-order valence-electron chi connectivity index (χ2n) is 7.47. The molecule has 29 heavy (non-hydrogen) atoms. The minimum atomic E-state index is -3.70. The summed E-state index contributed by atoms with van der Waals surface area (Å²) < 4.78 is 31.2. The van der Waals surface area contributed by atoms with Crippen molar-refractivity contribution in [1.29, 1.82) is 0 Å². The van der Waals surface area contributed by atoms with E-state index in [1.165, 1.54) is 6.07 Å². The van der Waals surface area contributed by atoms with E-state index in [2.05, 4.69) is 5.32 Å². The molecule has 0 unspecified atom stereocenters. The van der Waals surface area contributed by atoms with Gasteiger partial charge in [-0.15, -0.1) is 0 Å². The summed E-state index contributed by atoms with van der Waals surface area (Å²) in [6.07, 6.45) is 0.663. The number of carbonyl (C=O) groups is 2. The maximum Gasteiger partial charge on any atom is 0.262 e. The number of nitrogens with zero attached hydrogens (tertiary/aromatic N) is 1. The third-order valence-electron chi connectivity index (χ3n) is 5.31. The molecule has 0 radical (unpaired) electrons. The molecule has 2 aliphatic heterocycles. The van der Waals surface area contributed by atoms with Crippen molar-refractivity contribution in [1.82, 2.24) is 0 Å². The van der Waals surface area contributed by atoms with Gasteiger partial charge in [0, 0.05) is 24.2 Å². The fraction of sp³-hybridized carbons (Fsp3) is 0.333. The SMILES string of the molecule is Cc1cc2c(cc1S(=O)(=O)CCC(=O)N1c3ccccc3C[C@H]1C)OCC(=O)N2. The van der Waals surface area contributed by atoms with Gasteiger partial charge in [0.1, 0.15) is 5.75 Å². The van der Waals surface area contributed by atoms with Crippen molar-refractivity contribution in [3.63, 3.8) is 0 Å². The highest BCUT2D eigenvalue weighted by molar-refractivity contribution is 7.91. The van der Waals surface area contributed by atoms with Crippen LogP contribution in [0.25, 0.3) is 0 Å². The quantitative estimate of drug-likeness (QED) is 0.830. The Labute approximate surface area is 169 Å². The molecule has 0 saturated carbocycles. The number of ether oxygens (including phenoxy) is 1. The molecule has 0 spiro atoms. The Morgan fingerprint density at radius 1 is 1.28 bits per heavy atom. The highest BCUT2D eigenvalue weighted by atomic mass is 32.2. The van der Waals surface area contributed by atoms with Crippen LogP contribution in [0.5, 0.6) is 5.75 Å². The number of benzene rings is 2. The normalized spacial score (nSPS) is 17.9. The van der Waals surface area contributed by atoms with E-state index in [-0.39, 0.29) is 41.5 Å². The molecule has 2 aliphatic rings. The van der Waals surface area contributed by atoms with Crippen LogP contribution in [0.15, 0.2) is 41.3 Å². The molecule has 2 aromatic rings.